The number of sulfonamides is 1. The number of hydrogen-bond acceptors (Lipinski definition) is 5. The highest BCUT2D eigenvalue weighted by atomic mass is 32.2. The van der Waals surface area contributed by atoms with E-state index in [-0.39, 0.29) is 17.3 Å². The Balaban J connectivity index is 1.35. The number of aryl methyl sites for hydroxylation is 1. The van der Waals surface area contributed by atoms with Crippen molar-refractivity contribution in [3.05, 3.63) is 89.5 Å². The van der Waals surface area contributed by atoms with Crippen LogP contribution in [0.25, 0.3) is 0 Å². The van der Waals surface area contributed by atoms with Gasteiger partial charge in [-0.2, -0.15) is 0 Å². The predicted molar refractivity (Wildman–Crippen MR) is 139 cm³/mol. The molecule has 0 bridgehead atoms. The molecule has 0 spiro atoms. The fourth-order valence-electron chi connectivity index (χ4n) is 4.81. The summed E-state index contributed by atoms with van der Waals surface area (Å²) in [6, 6.07) is 21.7. The van der Waals surface area contributed by atoms with Gasteiger partial charge in [0.1, 0.15) is 5.75 Å². The average Bonchev–Trinajstić information content (AvgIpc) is 3.41. The van der Waals surface area contributed by atoms with E-state index >= 15 is 0 Å². The molecule has 36 heavy (non-hydrogen) atoms. The number of nitrogens with one attached hydrogen (secondary N) is 1. The molecule has 8 heteroatoms. The molecule has 5 rings (SSSR count). The fraction of sp³-hybridized carbons (Fsp3) is 0.321. The van der Waals surface area contributed by atoms with Crippen LogP contribution in [0.1, 0.15) is 29.5 Å². The minimum absolute atomic E-state index is 0.102. The molecule has 2 aliphatic rings. The second-order valence-corrected chi connectivity index (χ2v) is 11.3. The van der Waals surface area contributed by atoms with E-state index in [1.165, 1.54) is 22.7 Å². The molecule has 1 fully saturated rings. The van der Waals surface area contributed by atoms with E-state index < -0.39 is 16.1 Å². The summed E-state index contributed by atoms with van der Waals surface area (Å²) in [6.07, 6.45) is 1.48. The standard InChI is InChI=1S/C28H31N3O4S/c1-21-13-14-26-25(17-21)31(36(33,34)24-11-3-2-4-12-24)20-27(35-26)28(32)29-18-22-9-5-6-10-23(22)19-30-15-7-8-16-30/h2-6,9-14,17,27H,7-8,15-16,18-20H2,1H3,(H,29,32). The summed E-state index contributed by atoms with van der Waals surface area (Å²) in [6.45, 7) is 5.21. The number of fused-ring (bicyclic) bond motifs is 1. The van der Waals surface area contributed by atoms with E-state index in [2.05, 4.69) is 16.3 Å². The van der Waals surface area contributed by atoms with Crippen LogP contribution >= 0.6 is 0 Å². The maximum Gasteiger partial charge on any atom is 0.264 e. The summed E-state index contributed by atoms with van der Waals surface area (Å²) in [5.74, 6) is 0.0337. The lowest BCUT2D eigenvalue weighted by atomic mass is 10.1. The third kappa shape index (κ3) is 5.10. The van der Waals surface area contributed by atoms with Crippen molar-refractivity contribution in [3.8, 4) is 5.75 Å². The van der Waals surface area contributed by atoms with Gasteiger partial charge in [0.2, 0.25) is 0 Å². The summed E-state index contributed by atoms with van der Waals surface area (Å²) >= 11 is 0. The molecule has 3 aromatic rings. The summed E-state index contributed by atoms with van der Waals surface area (Å²) in [7, 11) is -3.88. The number of rotatable bonds is 7. The smallest absolute Gasteiger partial charge is 0.264 e. The lowest BCUT2D eigenvalue weighted by Crippen LogP contribution is -2.50. The van der Waals surface area contributed by atoms with Gasteiger partial charge >= 0.3 is 0 Å². The van der Waals surface area contributed by atoms with E-state index in [1.807, 2.05) is 31.2 Å². The van der Waals surface area contributed by atoms with Gasteiger partial charge in [-0.25, -0.2) is 8.42 Å². The van der Waals surface area contributed by atoms with E-state index in [9.17, 15) is 13.2 Å². The second-order valence-electron chi connectivity index (χ2n) is 9.40. The SMILES string of the molecule is Cc1ccc2c(c1)N(S(=O)(=O)c1ccccc1)CC(C(=O)NCc1ccccc1CN1CCCC1)O2. The Hall–Kier alpha value is -3.36. The van der Waals surface area contributed by atoms with Crippen molar-refractivity contribution in [2.75, 3.05) is 23.9 Å². The maximum absolute atomic E-state index is 13.6. The highest BCUT2D eigenvalue weighted by molar-refractivity contribution is 7.92. The zero-order valence-electron chi connectivity index (χ0n) is 20.4. The third-order valence-corrected chi connectivity index (χ3v) is 8.57. The fourth-order valence-corrected chi connectivity index (χ4v) is 6.30. The number of benzene rings is 3. The normalized spacial score (nSPS) is 17.9. The molecule has 1 N–H and O–H groups in total. The molecule has 1 amide bonds. The van der Waals surface area contributed by atoms with Crippen LogP contribution in [0.15, 0.2) is 77.7 Å². The van der Waals surface area contributed by atoms with Crippen LogP contribution < -0.4 is 14.4 Å². The number of carbonyl (C=O) groups is 1. The van der Waals surface area contributed by atoms with Gasteiger partial charge in [-0.05, 0) is 73.8 Å². The zero-order valence-corrected chi connectivity index (χ0v) is 21.2. The van der Waals surface area contributed by atoms with Crippen molar-refractivity contribution < 1.29 is 17.9 Å². The summed E-state index contributed by atoms with van der Waals surface area (Å²) in [5, 5.41) is 2.98. The Morgan fingerprint density at radius 1 is 0.972 bits per heavy atom. The molecule has 0 radical (unpaired) electrons. The van der Waals surface area contributed by atoms with Crippen LogP contribution in [0.2, 0.25) is 0 Å². The quantitative estimate of drug-likeness (QED) is 0.528. The van der Waals surface area contributed by atoms with E-state index in [0.29, 0.717) is 18.0 Å². The second kappa shape index (κ2) is 10.3. The first-order valence-corrected chi connectivity index (χ1v) is 13.8. The Bertz CT molecular complexity index is 1340. The van der Waals surface area contributed by atoms with Gasteiger partial charge in [0.15, 0.2) is 6.10 Å². The largest absolute Gasteiger partial charge is 0.476 e. The van der Waals surface area contributed by atoms with Crippen LogP contribution in [0, 0.1) is 6.92 Å². The van der Waals surface area contributed by atoms with E-state index in [4.69, 9.17) is 4.74 Å². The van der Waals surface area contributed by atoms with Crippen molar-refractivity contribution in [3.63, 3.8) is 0 Å². The van der Waals surface area contributed by atoms with Gasteiger partial charge in [-0.3, -0.25) is 14.0 Å². The number of carbonyl (C=O) groups excluding carboxylic acids is 1. The van der Waals surface area contributed by atoms with Crippen molar-refractivity contribution in [2.45, 2.75) is 43.9 Å². The summed E-state index contributed by atoms with van der Waals surface area (Å²) in [5.41, 5.74) is 3.60. The van der Waals surface area contributed by atoms with Crippen LogP contribution in [0.3, 0.4) is 0 Å². The zero-order chi connectivity index (χ0) is 25.1. The molecule has 7 nitrogen and oxygen atoms in total. The van der Waals surface area contributed by atoms with E-state index in [0.717, 1.165) is 30.8 Å². The van der Waals surface area contributed by atoms with Gasteiger partial charge in [0.25, 0.3) is 15.9 Å². The minimum atomic E-state index is -3.88. The van der Waals surface area contributed by atoms with Gasteiger partial charge < -0.3 is 10.1 Å². The van der Waals surface area contributed by atoms with Crippen molar-refractivity contribution in [1.82, 2.24) is 10.2 Å². The molecule has 1 atom stereocenters. The van der Waals surface area contributed by atoms with Crippen LogP contribution in [-0.2, 0) is 27.9 Å². The lowest BCUT2D eigenvalue weighted by molar-refractivity contribution is -0.127. The van der Waals surface area contributed by atoms with Crippen molar-refractivity contribution in [1.29, 1.82) is 0 Å². The lowest BCUT2D eigenvalue weighted by Gasteiger charge is -2.35. The van der Waals surface area contributed by atoms with E-state index in [1.54, 1.807) is 42.5 Å². The first-order valence-electron chi connectivity index (χ1n) is 12.3. The molecule has 1 unspecified atom stereocenters. The Morgan fingerprint density at radius 2 is 1.67 bits per heavy atom. The van der Waals surface area contributed by atoms with Gasteiger partial charge in [-0.1, -0.05) is 48.5 Å². The van der Waals surface area contributed by atoms with Crippen molar-refractivity contribution >= 4 is 21.6 Å². The van der Waals surface area contributed by atoms with Gasteiger partial charge in [-0.15, -0.1) is 0 Å². The topological polar surface area (TPSA) is 79.0 Å². The van der Waals surface area contributed by atoms with Gasteiger partial charge in [0, 0.05) is 13.1 Å². The maximum atomic E-state index is 13.6. The molecular formula is C28H31N3O4S. The first-order chi connectivity index (χ1) is 17.4. The van der Waals surface area contributed by atoms with Crippen LogP contribution in [0.5, 0.6) is 5.75 Å². The summed E-state index contributed by atoms with van der Waals surface area (Å²) < 4.78 is 34.4. The number of anilines is 1. The number of amides is 1. The predicted octanol–water partition coefficient (Wildman–Crippen LogP) is 3.86. The molecular weight excluding hydrogens is 474 g/mol. The average molecular weight is 506 g/mol. The summed E-state index contributed by atoms with van der Waals surface area (Å²) in [4.78, 5) is 15.8. The highest BCUT2D eigenvalue weighted by Crippen LogP contribution is 2.37. The molecule has 0 aliphatic carbocycles. The Kier molecular flexibility index (Phi) is 6.98. The monoisotopic (exact) mass is 505 g/mol. The third-order valence-electron chi connectivity index (χ3n) is 6.77. The Morgan fingerprint density at radius 3 is 2.42 bits per heavy atom. The highest BCUT2D eigenvalue weighted by Gasteiger charge is 2.37. The van der Waals surface area contributed by atoms with Crippen molar-refractivity contribution in [2.24, 2.45) is 0 Å². The number of ether oxygens (including phenoxy) is 1. The molecule has 0 saturated carbocycles. The minimum Gasteiger partial charge on any atom is -0.476 e. The molecule has 1 saturated heterocycles. The van der Waals surface area contributed by atoms with Crippen LogP contribution in [0.4, 0.5) is 5.69 Å². The first kappa shape index (κ1) is 24.3. The number of nitrogens with zero attached hydrogens (tertiary/aromatic N) is 2. The molecule has 2 heterocycles. The molecule has 188 valence electrons. The molecule has 3 aromatic carbocycles. The number of hydrogen-bond donors (Lipinski definition) is 1. The number of likely N-dealkylation sites (tertiary alicyclic amines) is 1. The Labute approximate surface area is 212 Å². The van der Waals surface area contributed by atoms with Gasteiger partial charge in [0.05, 0.1) is 17.1 Å². The van der Waals surface area contributed by atoms with Crippen LogP contribution in [-0.4, -0.2) is 45.0 Å². The molecule has 2 aliphatic heterocycles. The molecule has 0 aromatic heterocycles.